The fourth-order valence-corrected chi connectivity index (χ4v) is 1.67. The number of aliphatic hydroxyl groups excluding tert-OH is 2. The zero-order chi connectivity index (χ0) is 17.9. The Morgan fingerprint density at radius 3 is 2.79 bits per heavy atom. The quantitative estimate of drug-likeness (QED) is 0.570. The van der Waals surface area contributed by atoms with Crippen LogP contribution in [0.4, 0.5) is 5.69 Å². The van der Waals surface area contributed by atoms with E-state index in [1.807, 2.05) is 6.92 Å². The van der Waals surface area contributed by atoms with E-state index in [1.165, 1.54) is 18.2 Å². The van der Waals surface area contributed by atoms with Gasteiger partial charge in [0, 0.05) is 0 Å². The van der Waals surface area contributed by atoms with Crippen LogP contribution in [-0.4, -0.2) is 48.0 Å². The van der Waals surface area contributed by atoms with Crippen molar-refractivity contribution in [2.24, 2.45) is 0 Å². The number of nitrogens with zero attached hydrogens (tertiary/aromatic N) is 1. The molecule has 0 aliphatic carbocycles. The molecule has 0 bridgehead atoms. The highest BCUT2D eigenvalue weighted by Gasteiger charge is 2.15. The minimum atomic E-state index is -1.16. The molecule has 0 saturated heterocycles. The number of benzene rings is 1. The predicted octanol–water partition coefficient (Wildman–Crippen LogP) is 0.838. The SMILES string of the molecule is CCCOc1ccc(C(=O)OCC(O)CO)cc1NC(=O)CC#N. The van der Waals surface area contributed by atoms with Crippen LogP contribution in [-0.2, 0) is 9.53 Å². The molecule has 1 unspecified atom stereocenters. The van der Waals surface area contributed by atoms with Crippen molar-refractivity contribution in [2.45, 2.75) is 25.9 Å². The Balaban J connectivity index is 2.92. The molecule has 0 radical (unpaired) electrons. The summed E-state index contributed by atoms with van der Waals surface area (Å²) < 4.78 is 10.3. The van der Waals surface area contributed by atoms with Crippen molar-refractivity contribution in [1.29, 1.82) is 5.26 Å². The highest BCUT2D eigenvalue weighted by atomic mass is 16.5. The Morgan fingerprint density at radius 1 is 1.42 bits per heavy atom. The van der Waals surface area contributed by atoms with E-state index in [2.05, 4.69) is 5.32 Å². The van der Waals surface area contributed by atoms with Gasteiger partial charge in [0.1, 0.15) is 24.9 Å². The van der Waals surface area contributed by atoms with Crippen LogP contribution < -0.4 is 10.1 Å². The van der Waals surface area contributed by atoms with Gasteiger partial charge in [0.2, 0.25) is 5.91 Å². The number of carbonyl (C=O) groups is 2. The molecule has 1 aromatic carbocycles. The highest BCUT2D eigenvalue weighted by molar-refractivity contribution is 5.96. The fraction of sp³-hybridized carbons (Fsp3) is 0.438. The summed E-state index contributed by atoms with van der Waals surface area (Å²) in [5.74, 6) is -0.879. The minimum Gasteiger partial charge on any atom is -0.491 e. The maximum Gasteiger partial charge on any atom is 0.338 e. The molecule has 0 aliphatic rings. The smallest absolute Gasteiger partial charge is 0.338 e. The Morgan fingerprint density at radius 2 is 2.17 bits per heavy atom. The molecule has 8 heteroatoms. The largest absolute Gasteiger partial charge is 0.491 e. The zero-order valence-electron chi connectivity index (χ0n) is 13.3. The van der Waals surface area contributed by atoms with Crippen molar-refractivity contribution in [1.82, 2.24) is 0 Å². The fourth-order valence-electron chi connectivity index (χ4n) is 1.67. The molecule has 3 N–H and O–H groups in total. The first-order valence-corrected chi connectivity index (χ1v) is 7.41. The van der Waals surface area contributed by atoms with Crippen LogP contribution in [0.3, 0.4) is 0 Å². The standard InChI is InChI=1S/C16H20N2O6/c1-2-7-23-14-4-3-11(16(22)24-10-12(20)9-19)8-13(14)18-15(21)5-6-17/h3-4,8,12,19-20H,2,5,7,9-10H2,1H3,(H,18,21). The Bertz CT molecular complexity index is 611. The maximum absolute atomic E-state index is 11.9. The third kappa shape index (κ3) is 6.24. The van der Waals surface area contributed by atoms with E-state index in [0.29, 0.717) is 12.4 Å². The van der Waals surface area contributed by atoms with E-state index in [9.17, 15) is 14.7 Å². The normalized spacial score (nSPS) is 11.2. The van der Waals surface area contributed by atoms with E-state index in [4.69, 9.17) is 19.8 Å². The summed E-state index contributed by atoms with van der Waals surface area (Å²) in [6.07, 6.45) is -0.727. The first-order valence-electron chi connectivity index (χ1n) is 7.41. The molecule has 1 rings (SSSR count). The molecule has 1 atom stereocenters. The van der Waals surface area contributed by atoms with Crippen molar-refractivity contribution >= 4 is 17.6 Å². The number of anilines is 1. The highest BCUT2D eigenvalue weighted by Crippen LogP contribution is 2.26. The molecule has 0 aromatic heterocycles. The molecule has 8 nitrogen and oxygen atoms in total. The molecule has 0 spiro atoms. The molecular formula is C16H20N2O6. The second-order valence-electron chi connectivity index (χ2n) is 4.88. The lowest BCUT2D eigenvalue weighted by molar-refractivity contribution is -0.115. The number of carbonyl (C=O) groups excluding carboxylic acids is 2. The van der Waals surface area contributed by atoms with Crippen molar-refractivity contribution in [3.8, 4) is 11.8 Å². The third-order valence-electron chi connectivity index (χ3n) is 2.81. The van der Waals surface area contributed by atoms with Crippen molar-refractivity contribution in [3.63, 3.8) is 0 Å². The van der Waals surface area contributed by atoms with Gasteiger partial charge in [-0.25, -0.2) is 4.79 Å². The summed E-state index contributed by atoms with van der Waals surface area (Å²) in [5.41, 5.74) is 0.386. The maximum atomic E-state index is 11.9. The molecule has 24 heavy (non-hydrogen) atoms. The number of nitrogens with one attached hydrogen (secondary N) is 1. The van der Waals surface area contributed by atoms with Gasteiger partial charge < -0.3 is 25.0 Å². The lowest BCUT2D eigenvalue weighted by Gasteiger charge is -2.13. The van der Waals surface area contributed by atoms with Crippen molar-refractivity contribution < 1.29 is 29.3 Å². The summed E-state index contributed by atoms with van der Waals surface area (Å²) >= 11 is 0. The number of nitriles is 1. The summed E-state index contributed by atoms with van der Waals surface area (Å²) in [4.78, 5) is 23.5. The van der Waals surface area contributed by atoms with Crippen LogP contribution in [0.1, 0.15) is 30.1 Å². The lowest BCUT2D eigenvalue weighted by atomic mass is 10.1. The second kappa shape index (κ2) is 10.2. The second-order valence-corrected chi connectivity index (χ2v) is 4.88. The van der Waals surface area contributed by atoms with Gasteiger partial charge in [0.05, 0.1) is 30.5 Å². The molecule has 0 saturated carbocycles. The van der Waals surface area contributed by atoms with Gasteiger partial charge in [0.15, 0.2) is 0 Å². The predicted molar refractivity (Wildman–Crippen MR) is 84.5 cm³/mol. The van der Waals surface area contributed by atoms with Crippen LogP contribution in [0.15, 0.2) is 18.2 Å². The Hall–Kier alpha value is -2.63. The number of ether oxygens (including phenoxy) is 2. The molecular weight excluding hydrogens is 316 g/mol. The van der Waals surface area contributed by atoms with Crippen LogP contribution >= 0.6 is 0 Å². The Labute approximate surface area is 139 Å². The summed E-state index contributed by atoms with van der Waals surface area (Å²) in [6, 6.07) is 6.07. The van der Waals surface area contributed by atoms with Gasteiger partial charge in [-0.2, -0.15) is 5.26 Å². The summed E-state index contributed by atoms with van der Waals surface area (Å²) in [5, 5.41) is 29.0. The lowest BCUT2D eigenvalue weighted by Crippen LogP contribution is -2.22. The third-order valence-corrected chi connectivity index (χ3v) is 2.81. The number of rotatable bonds is 9. The van der Waals surface area contributed by atoms with Gasteiger partial charge >= 0.3 is 5.97 Å². The van der Waals surface area contributed by atoms with Gasteiger partial charge in [-0.1, -0.05) is 6.92 Å². The van der Waals surface area contributed by atoms with E-state index < -0.39 is 24.6 Å². The van der Waals surface area contributed by atoms with E-state index in [0.717, 1.165) is 6.42 Å². The number of hydrogen-bond donors (Lipinski definition) is 3. The summed E-state index contributed by atoms with van der Waals surface area (Å²) in [6.45, 7) is 1.48. The van der Waals surface area contributed by atoms with Crippen molar-refractivity contribution in [2.75, 3.05) is 25.1 Å². The number of amides is 1. The van der Waals surface area contributed by atoms with Gasteiger partial charge in [0.25, 0.3) is 0 Å². The topological polar surface area (TPSA) is 129 Å². The molecule has 1 amide bonds. The first kappa shape index (κ1) is 19.4. The molecule has 130 valence electrons. The minimum absolute atomic E-state index is 0.135. The zero-order valence-corrected chi connectivity index (χ0v) is 13.3. The molecule has 0 fully saturated rings. The van der Waals surface area contributed by atoms with E-state index >= 15 is 0 Å². The summed E-state index contributed by atoms with van der Waals surface area (Å²) in [7, 11) is 0. The number of aliphatic hydroxyl groups is 2. The van der Waals surface area contributed by atoms with Crippen LogP contribution in [0, 0.1) is 11.3 Å². The average Bonchev–Trinajstić information content (AvgIpc) is 2.58. The molecule has 1 aromatic rings. The average molecular weight is 336 g/mol. The van der Waals surface area contributed by atoms with E-state index in [-0.39, 0.29) is 24.3 Å². The van der Waals surface area contributed by atoms with Gasteiger partial charge in [-0.3, -0.25) is 4.79 Å². The monoisotopic (exact) mass is 336 g/mol. The molecule has 0 aliphatic heterocycles. The van der Waals surface area contributed by atoms with Crippen LogP contribution in [0.2, 0.25) is 0 Å². The number of hydrogen-bond acceptors (Lipinski definition) is 7. The van der Waals surface area contributed by atoms with Gasteiger partial charge in [-0.05, 0) is 24.6 Å². The molecule has 0 heterocycles. The van der Waals surface area contributed by atoms with E-state index in [1.54, 1.807) is 6.07 Å². The van der Waals surface area contributed by atoms with Gasteiger partial charge in [-0.15, -0.1) is 0 Å². The Kier molecular flexibility index (Phi) is 8.25. The first-order chi connectivity index (χ1) is 11.5. The van der Waals surface area contributed by atoms with Crippen LogP contribution in [0.25, 0.3) is 0 Å². The van der Waals surface area contributed by atoms with Crippen LogP contribution in [0.5, 0.6) is 5.75 Å². The number of esters is 1. The van der Waals surface area contributed by atoms with Crippen molar-refractivity contribution in [3.05, 3.63) is 23.8 Å².